The Hall–Kier alpha value is -2.96. The van der Waals surface area contributed by atoms with Crippen LogP contribution in [-0.4, -0.2) is 38.3 Å². The second kappa shape index (κ2) is 8.94. The number of ether oxygens (including phenoxy) is 3. The smallest absolute Gasteiger partial charge is 0.251 e. The Labute approximate surface area is 152 Å². The maximum absolute atomic E-state index is 12.4. The van der Waals surface area contributed by atoms with Crippen LogP contribution in [-0.2, 0) is 6.54 Å². The molecule has 0 unspecified atom stereocenters. The number of aryl methyl sites for hydroxylation is 2. The van der Waals surface area contributed by atoms with Gasteiger partial charge in [-0.25, -0.2) is 0 Å². The van der Waals surface area contributed by atoms with Gasteiger partial charge in [-0.1, -0.05) is 0 Å². The largest absolute Gasteiger partial charge is 0.493 e. The number of rotatable bonds is 8. The number of hydrogen-bond donors (Lipinski definition) is 1. The molecule has 2 rings (SSSR count). The third kappa shape index (κ3) is 4.56. The van der Waals surface area contributed by atoms with Crippen LogP contribution < -0.4 is 25.1 Å². The topological polar surface area (TPSA) is 78.8 Å². The van der Waals surface area contributed by atoms with E-state index in [1.807, 2.05) is 13.0 Å². The lowest BCUT2D eigenvalue weighted by atomic mass is 10.1. The lowest BCUT2D eigenvalue weighted by Crippen LogP contribution is -2.27. The van der Waals surface area contributed by atoms with Gasteiger partial charge >= 0.3 is 0 Å². The first-order chi connectivity index (χ1) is 12.5. The summed E-state index contributed by atoms with van der Waals surface area (Å²) in [5.74, 6) is 1.03. The average Bonchev–Trinajstić information content (AvgIpc) is 2.64. The van der Waals surface area contributed by atoms with Crippen molar-refractivity contribution in [3.05, 3.63) is 51.9 Å². The standard InChI is InChI=1S/C19H24N2O5/c1-13-6-9-21(17(22)10-13)8-5-7-20-19(23)14-11-15(24-2)18(26-4)16(12-14)25-3/h6,9-12H,5,7-8H2,1-4H3,(H,20,23). The number of pyridine rings is 1. The second-order valence-corrected chi connectivity index (χ2v) is 5.76. The van der Waals surface area contributed by atoms with Crippen LogP contribution in [0.3, 0.4) is 0 Å². The van der Waals surface area contributed by atoms with E-state index in [-0.39, 0.29) is 11.5 Å². The van der Waals surface area contributed by atoms with Gasteiger partial charge in [-0.05, 0) is 37.1 Å². The second-order valence-electron chi connectivity index (χ2n) is 5.76. The number of carbonyl (C=O) groups excluding carboxylic acids is 1. The fraction of sp³-hybridized carbons (Fsp3) is 0.368. The molecule has 7 nitrogen and oxygen atoms in total. The molecular weight excluding hydrogens is 336 g/mol. The first-order valence-electron chi connectivity index (χ1n) is 8.25. The van der Waals surface area contributed by atoms with Gasteiger partial charge < -0.3 is 24.1 Å². The van der Waals surface area contributed by atoms with E-state index >= 15 is 0 Å². The summed E-state index contributed by atoms with van der Waals surface area (Å²) in [6.45, 7) is 2.85. The van der Waals surface area contributed by atoms with Gasteiger partial charge in [-0.15, -0.1) is 0 Å². The third-order valence-electron chi connectivity index (χ3n) is 3.94. The molecule has 26 heavy (non-hydrogen) atoms. The summed E-state index contributed by atoms with van der Waals surface area (Å²) in [5.41, 5.74) is 1.30. The lowest BCUT2D eigenvalue weighted by Gasteiger charge is -2.14. The van der Waals surface area contributed by atoms with Gasteiger partial charge in [0.1, 0.15) is 0 Å². The van der Waals surface area contributed by atoms with Crippen LogP contribution in [0.25, 0.3) is 0 Å². The molecule has 140 valence electrons. The number of nitrogens with one attached hydrogen (secondary N) is 1. The maximum atomic E-state index is 12.4. The van der Waals surface area contributed by atoms with E-state index in [1.165, 1.54) is 21.3 Å². The number of carbonyl (C=O) groups is 1. The molecule has 0 spiro atoms. The summed E-state index contributed by atoms with van der Waals surface area (Å²) >= 11 is 0. The van der Waals surface area contributed by atoms with Crippen molar-refractivity contribution in [3.63, 3.8) is 0 Å². The van der Waals surface area contributed by atoms with Crippen molar-refractivity contribution >= 4 is 5.91 Å². The van der Waals surface area contributed by atoms with Gasteiger partial charge in [0.15, 0.2) is 11.5 Å². The zero-order valence-electron chi connectivity index (χ0n) is 15.5. The molecule has 0 fully saturated rings. The molecule has 1 N–H and O–H groups in total. The van der Waals surface area contributed by atoms with Crippen LogP contribution in [0.2, 0.25) is 0 Å². The Morgan fingerprint density at radius 3 is 2.27 bits per heavy atom. The Bertz CT molecular complexity index is 804. The van der Waals surface area contributed by atoms with Crippen molar-refractivity contribution in [2.75, 3.05) is 27.9 Å². The van der Waals surface area contributed by atoms with Crippen molar-refractivity contribution in [2.24, 2.45) is 0 Å². The highest BCUT2D eigenvalue weighted by Gasteiger charge is 2.16. The molecule has 0 aliphatic heterocycles. The third-order valence-corrected chi connectivity index (χ3v) is 3.94. The fourth-order valence-corrected chi connectivity index (χ4v) is 2.56. The molecule has 0 bridgehead atoms. The van der Waals surface area contributed by atoms with E-state index in [4.69, 9.17) is 14.2 Å². The van der Waals surface area contributed by atoms with E-state index in [0.29, 0.717) is 42.3 Å². The molecule has 0 aliphatic rings. The normalized spacial score (nSPS) is 10.3. The predicted molar refractivity (Wildman–Crippen MR) is 98.5 cm³/mol. The highest BCUT2D eigenvalue weighted by molar-refractivity contribution is 5.95. The molecule has 1 amide bonds. The zero-order chi connectivity index (χ0) is 19.1. The Kier molecular flexibility index (Phi) is 6.66. The fourth-order valence-electron chi connectivity index (χ4n) is 2.56. The molecule has 0 radical (unpaired) electrons. The SMILES string of the molecule is COc1cc(C(=O)NCCCn2ccc(C)cc2=O)cc(OC)c1OC. The first kappa shape index (κ1) is 19.4. The van der Waals surface area contributed by atoms with Gasteiger partial charge in [-0.3, -0.25) is 9.59 Å². The summed E-state index contributed by atoms with van der Waals surface area (Å²) in [4.78, 5) is 24.2. The van der Waals surface area contributed by atoms with Crippen molar-refractivity contribution in [3.8, 4) is 17.2 Å². The van der Waals surface area contributed by atoms with E-state index in [0.717, 1.165) is 5.56 Å². The zero-order valence-corrected chi connectivity index (χ0v) is 15.5. The molecule has 0 saturated carbocycles. The minimum absolute atomic E-state index is 0.0408. The number of nitrogens with zero attached hydrogens (tertiary/aromatic N) is 1. The van der Waals surface area contributed by atoms with Crippen molar-refractivity contribution in [2.45, 2.75) is 19.9 Å². The number of aromatic nitrogens is 1. The van der Waals surface area contributed by atoms with Gasteiger partial charge in [0.2, 0.25) is 5.75 Å². The molecule has 7 heteroatoms. The molecule has 1 heterocycles. The quantitative estimate of drug-likeness (QED) is 0.729. The van der Waals surface area contributed by atoms with E-state index in [2.05, 4.69) is 5.32 Å². The van der Waals surface area contributed by atoms with Gasteiger partial charge in [0.05, 0.1) is 21.3 Å². The lowest BCUT2D eigenvalue weighted by molar-refractivity contribution is 0.0952. The number of methoxy groups -OCH3 is 3. The van der Waals surface area contributed by atoms with Gasteiger partial charge in [-0.2, -0.15) is 0 Å². The molecule has 0 atom stereocenters. The van der Waals surface area contributed by atoms with E-state index in [1.54, 1.807) is 29.0 Å². The molecule has 0 aliphatic carbocycles. The Morgan fingerprint density at radius 2 is 1.73 bits per heavy atom. The van der Waals surface area contributed by atoms with Crippen LogP contribution in [0.1, 0.15) is 22.3 Å². The Balaban J connectivity index is 1.98. The predicted octanol–water partition coefficient (Wildman–Crippen LogP) is 2.00. The first-order valence-corrected chi connectivity index (χ1v) is 8.25. The molecule has 0 saturated heterocycles. The van der Waals surface area contributed by atoms with Crippen LogP contribution in [0, 0.1) is 6.92 Å². The van der Waals surface area contributed by atoms with Crippen LogP contribution in [0.15, 0.2) is 35.3 Å². The van der Waals surface area contributed by atoms with Crippen LogP contribution in [0.5, 0.6) is 17.2 Å². The highest BCUT2D eigenvalue weighted by Crippen LogP contribution is 2.38. The summed E-state index contributed by atoms with van der Waals surface area (Å²) in [7, 11) is 4.50. The summed E-state index contributed by atoms with van der Waals surface area (Å²) in [6.07, 6.45) is 2.40. The van der Waals surface area contributed by atoms with E-state index in [9.17, 15) is 9.59 Å². The molecule has 1 aromatic heterocycles. The highest BCUT2D eigenvalue weighted by atomic mass is 16.5. The minimum Gasteiger partial charge on any atom is -0.493 e. The summed E-state index contributed by atoms with van der Waals surface area (Å²) in [5, 5.41) is 2.83. The molecule has 1 aromatic carbocycles. The summed E-state index contributed by atoms with van der Waals surface area (Å²) in [6, 6.07) is 6.67. The number of amides is 1. The van der Waals surface area contributed by atoms with Crippen LogP contribution in [0.4, 0.5) is 0 Å². The van der Waals surface area contributed by atoms with Gasteiger partial charge in [0.25, 0.3) is 11.5 Å². The summed E-state index contributed by atoms with van der Waals surface area (Å²) < 4.78 is 17.4. The van der Waals surface area contributed by atoms with E-state index < -0.39 is 0 Å². The van der Waals surface area contributed by atoms with Crippen molar-refractivity contribution < 1.29 is 19.0 Å². The minimum atomic E-state index is -0.250. The monoisotopic (exact) mass is 360 g/mol. The Morgan fingerprint density at radius 1 is 1.08 bits per heavy atom. The number of benzene rings is 1. The van der Waals surface area contributed by atoms with Crippen molar-refractivity contribution in [1.29, 1.82) is 0 Å². The molecular formula is C19H24N2O5. The number of hydrogen-bond acceptors (Lipinski definition) is 5. The van der Waals surface area contributed by atoms with Crippen LogP contribution >= 0.6 is 0 Å². The molecule has 2 aromatic rings. The van der Waals surface area contributed by atoms with Crippen molar-refractivity contribution in [1.82, 2.24) is 9.88 Å². The average molecular weight is 360 g/mol. The van der Waals surface area contributed by atoms with Gasteiger partial charge in [0, 0.05) is 30.9 Å². The maximum Gasteiger partial charge on any atom is 0.251 e.